The van der Waals surface area contributed by atoms with Gasteiger partial charge in [-0.05, 0) is 42.8 Å². The minimum Gasteiger partial charge on any atom is -0.493 e. The van der Waals surface area contributed by atoms with Crippen LogP contribution >= 0.6 is 0 Å². The van der Waals surface area contributed by atoms with Gasteiger partial charge in [0.05, 0.1) is 17.9 Å². The molecule has 1 saturated heterocycles. The third-order valence-corrected chi connectivity index (χ3v) is 5.23. The first-order valence-corrected chi connectivity index (χ1v) is 9.95. The zero-order valence-electron chi connectivity index (χ0n) is 16.6. The van der Waals surface area contributed by atoms with E-state index < -0.39 is 11.7 Å². The number of ether oxygens (including phenoxy) is 1. The van der Waals surface area contributed by atoms with Crippen molar-refractivity contribution >= 4 is 5.91 Å². The second kappa shape index (κ2) is 8.79. The Morgan fingerprint density at radius 3 is 2.84 bits per heavy atom. The van der Waals surface area contributed by atoms with Crippen LogP contribution in [-0.2, 0) is 12.6 Å². The van der Waals surface area contributed by atoms with Crippen LogP contribution in [0.5, 0.6) is 5.75 Å². The van der Waals surface area contributed by atoms with Crippen LogP contribution in [0.2, 0.25) is 0 Å². The van der Waals surface area contributed by atoms with Crippen LogP contribution in [0.1, 0.15) is 39.8 Å². The minimum absolute atomic E-state index is 0.0895. The number of nitrogens with one attached hydrogen (secondary N) is 1. The van der Waals surface area contributed by atoms with Gasteiger partial charge in [0.15, 0.2) is 0 Å². The number of rotatable bonds is 6. The molecule has 0 radical (unpaired) electrons. The van der Waals surface area contributed by atoms with Gasteiger partial charge < -0.3 is 9.64 Å². The molecule has 0 saturated carbocycles. The smallest absolute Gasteiger partial charge is 0.416 e. The molecule has 3 heterocycles. The molecule has 31 heavy (non-hydrogen) atoms. The van der Waals surface area contributed by atoms with E-state index in [1.165, 1.54) is 12.1 Å². The van der Waals surface area contributed by atoms with Crippen LogP contribution in [0.15, 0.2) is 54.7 Å². The Hall–Kier alpha value is -3.36. The molecule has 1 N–H and O–H groups in total. The standard InChI is InChI=1S/C22H21F3N4O2/c23-22(24,25)16-4-3-5-18(12-16)31-11-8-17-13-20(28-27-17)15-7-10-29(14-15)21(30)19-6-1-2-9-26-19/h1-6,9,12-13,15H,7-8,10-11,14H2,(H,27,28). The zero-order chi connectivity index (χ0) is 21.8. The number of hydrogen-bond acceptors (Lipinski definition) is 4. The fraction of sp³-hybridized carbons (Fsp3) is 0.318. The fourth-order valence-corrected chi connectivity index (χ4v) is 3.60. The molecule has 9 heteroatoms. The number of aromatic amines is 1. The van der Waals surface area contributed by atoms with E-state index in [0.717, 1.165) is 29.9 Å². The molecular formula is C22H21F3N4O2. The maximum atomic E-state index is 12.8. The molecule has 1 atom stereocenters. The van der Waals surface area contributed by atoms with E-state index in [1.807, 2.05) is 6.07 Å². The van der Waals surface area contributed by atoms with Gasteiger partial charge in [-0.25, -0.2) is 0 Å². The number of benzene rings is 1. The van der Waals surface area contributed by atoms with Crippen molar-refractivity contribution in [3.63, 3.8) is 0 Å². The fourth-order valence-electron chi connectivity index (χ4n) is 3.60. The average molecular weight is 430 g/mol. The number of pyridine rings is 1. The van der Waals surface area contributed by atoms with Gasteiger partial charge in [0.1, 0.15) is 11.4 Å². The summed E-state index contributed by atoms with van der Waals surface area (Å²) in [4.78, 5) is 18.4. The van der Waals surface area contributed by atoms with E-state index in [-0.39, 0.29) is 24.2 Å². The Morgan fingerprint density at radius 1 is 1.19 bits per heavy atom. The van der Waals surface area contributed by atoms with Crippen molar-refractivity contribution in [2.45, 2.75) is 24.9 Å². The first-order chi connectivity index (χ1) is 14.9. The number of alkyl halides is 3. The quantitative estimate of drug-likeness (QED) is 0.640. The summed E-state index contributed by atoms with van der Waals surface area (Å²) >= 11 is 0. The number of nitrogens with zero attached hydrogens (tertiary/aromatic N) is 3. The molecule has 2 aromatic heterocycles. The summed E-state index contributed by atoms with van der Waals surface area (Å²) in [6, 6.07) is 12.0. The minimum atomic E-state index is -4.40. The molecule has 4 rings (SSSR count). The topological polar surface area (TPSA) is 71.1 Å². The van der Waals surface area contributed by atoms with Crippen LogP contribution in [0.25, 0.3) is 0 Å². The van der Waals surface area contributed by atoms with Crippen LogP contribution in [0, 0.1) is 0 Å². The number of carbonyl (C=O) groups excluding carboxylic acids is 1. The van der Waals surface area contributed by atoms with E-state index in [0.29, 0.717) is 25.2 Å². The molecule has 0 spiro atoms. The highest BCUT2D eigenvalue weighted by atomic mass is 19.4. The summed E-state index contributed by atoms with van der Waals surface area (Å²) < 4.78 is 43.8. The molecule has 1 aliphatic heterocycles. The maximum absolute atomic E-state index is 12.8. The third kappa shape index (κ3) is 5.04. The summed E-state index contributed by atoms with van der Waals surface area (Å²) in [5, 5.41) is 7.31. The number of hydrogen-bond donors (Lipinski definition) is 1. The second-order valence-corrected chi connectivity index (χ2v) is 7.39. The normalized spacial score (nSPS) is 16.5. The lowest BCUT2D eigenvalue weighted by Gasteiger charge is -2.15. The van der Waals surface area contributed by atoms with E-state index in [4.69, 9.17) is 4.74 Å². The van der Waals surface area contributed by atoms with E-state index in [9.17, 15) is 18.0 Å². The van der Waals surface area contributed by atoms with Gasteiger partial charge >= 0.3 is 6.18 Å². The van der Waals surface area contributed by atoms with Crippen molar-refractivity contribution in [1.82, 2.24) is 20.1 Å². The zero-order valence-corrected chi connectivity index (χ0v) is 16.6. The predicted molar refractivity (Wildman–Crippen MR) is 107 cm³/mol. The van der Waals surface area contributed by atoms with E-state index in [2.05, 4.69) is 15.2 Å². The SMILES string of the molecule is O=C(c1ccccn1)N1CCC(c2cc(CCOc3cccc(C(F)(F)F)c3)[nH]n2)C1. The lowest BCUT2D eigenvalue weighted by Crippen LogP contribution is -2.29. The highest BCUT2D eigenvalue weighted by Gasteiger charge is 2.31. The number of amides is 1. The van der Waals surface area contributed by atoms with Crippen molar-refractivity contribution in [2.75, 3.05) is 19.7 Å². The molecule has 0 aliphatic carbocycles. The first kappa shape index (κ1) is 20.9. The van der Waals surface area contributed by atoms with Crippen molar-refractivity contribution in [3.05, 3.63) is 77.4 Å². The molecule has 162 valence electrons. The predicted octanol–water partition coefficient (Wildman–Crippen LogP) is 4.07. The molecular weight excluding hydrogens is 409 g/mol. The van der Waals surface area contributed by atoms with Crippen molar-refractivity contribution in [1.29, 1.82) is 0 Å². The van der Waals surface area contributed by atoms with Crippen LogP contribution < -0.4 is 4.74 Å². The first-order valence-electron chi connectivity index (χ1n) is 9.95. The van der Waals surface area contributed by atoms with Gasteiger partial charge in [-0.2, -0.15) is 18.3 Å². The van der Waals surface area contributed by atoms with Crippen LogP contribution in [0.4, 0.5) is 13.2 Å². The number of halogens is 3. The summed E-state index contributed by atoms with van der Waals surface area (Å²) in [6.07, 6.45) is -1.51. The Labute approximate surface area is 177 Å². The second-order valence-electron chi connectivity index (χ2n) is 7.39. The molecule has 0 bridgehead atoms. The maximum Gasteiger partial charge on any atom is 0.416 e. The largest absolute Gasteiger partial charge is 0.493 e. The summed E-state index contributed by atoms with van der Waals surface area (Å²) in [5.41, 5.74) is 1.39. The lowest BCUT2D eigenvalue weighted by molar-refractivity contribution is -0.137. The van der Waals surface area contributed by atoms with Gasteiger partial charge in [0.2, 0.25) is 0 Å². The van der Waals surface area contributed by atoms with Gasteiger partial charge in [0, 0.05) is 37.3 Å². The van der Waals surface area contributed by atoms with Crippen molar-refractivity contribution in [3.8, 4) is 5.75 Å². The number of likely N-dealkylation sites (tertiary alicyclic amines) is 1. The molecule has 1 amide bonds. The van der Waals surface area contributed by atoms with Gasteiger partial charge in [-0.15, -0.1) is 0 Å². The van der Waals surface area contributed by atoms with E-state index in [1.54, 1.807) is 29.3 Å². The van der Waals surface area contributed by atoms with E-state index >= 15 is 0 Å². The van der Waals surface area contributed by atoms with Crippen molar-refractivity contribution < 1.29 is 22.7 Å². The summed E-state index contributed by atoms with van der Waals surface area (Å²) in [6.45, 7) is 1.43. The molecule has 1 fully saturated rings. The highest BCUT2D eigenvalue weighted by molar-refractivity contribution is 5.92. The van der Waals surface area contributed by atoms with Gasteiger partial charge in [0.25, 0.3) is 5.91 Å². The highest BCUT2D eigenvalue weighted by Crippen LogP contribution is 2.31. The lowest BCUT2D eigenvalue weighted by atomic mass is 10.0. The molecule has 6 nitrogen and oxygen atoms in total. The van der Waals surface area contributed by atoms with Crippen LogP contribution in [-0.4, -0.2) is 45.7 Å². The monoisotopic (exact) mass is 430 g/mol. The Morgan fingerprint density at radius 2 is 2.06 bits per heavy atom. The molecule has 3 aromatic rings. The third-order valence-electron chi connectivity index (χ3n) is 5.23. The van der Waals surface area contributed by atoms with Gasteiger partial charge in [-0.1, -0.05) is 12.1 Å². The van der Waals surface area contributed by atoms with Crippen molar-refractivity contribution in [2.24, 2.45) is 0 Å². The number of aromatic nitrogens is 3. The Balaban J connectivity index is 1.30. The average Bonchev–Trinajstić information content (AvgIpc) is 3.43. The summed E-state index contributed by atoms with van der Waals surface area (Å²) in [5.74, 6) is 0.212. The molecule has 1 unspecified atom stereocenters. The Bertz CT molecular complexity index is 1040. The Kier molecular flexibility index (Phi) is 5.92. The van der Waals surface area contributed by atoms with Crippen LogP contribution in [0.3, 0.4) is 0 Å². The number of H-pyrrole nitrogens is 1. The molecule has 1 aromatic carbocycles. The van der Waals surface area contributed by atoms with Gasteiger partial charge in [-0.3, -0.25) is 14.9 Å². The summed E-state index contributed by atoms with van der Waals surface area (Å²) in [7, 11) is 0. The molecule has 1 aliphatic rings. The number of carbonyl (C=O) groups is 1.